The Morgan fingerprint density at radius 3 is 2.29 bits per heavy atom. The van der Waals surface area contributed by atoms with E-state index in [1.54, 1.807) is 25.0 Å². The number of amides is 2. The summed E-state index contributed by atoms with van der Waals surface area (Å²) in [6.07, 6.45) is 0. The predicted molar refractivity (Wildman–Crippen MR) is 111 cm³/mol. The van der Waals surface area contributed by atoms with E-state index in [0.29, 0.717) is 18.1 Å². The average Bonchev–Trinajstić information content (AvgIpc) is 2.70. The lowest BCUT2D eigenvalue weighted by molar-refractivity contribution is -0.143. The third-order valence-electron chi connectivity index (χ3n) is 4.55. The SMILES string of the molecule is COc1ccc(CN(C(=O)C(C)C)[C@H](C)C(=O)NCc2ccccc2Cl)cc1. The van der Waals surface area contributed by atoms with Crippen LogP contribution in [0.25, 0.3) is 0 Å². The molecule has 2 aromatic rings. The van der Waals surface area contributed by atoms with Crippen LogP contribution >= 0.6 is 11.6 Å². The number of methoxy groups -OCH3 is 1. The molecule has 0 unspecified atom stereocenters. The Labute approximate surface area is 171 Å². The summed E-state index contributed by atoms with van der Waals surface area (Å²) >= 11 is 6.15. The summed E-state index contributed by atoms with van der Waals surface area (Å²) in [4.78, 5) is 27.1. The fourth-order valence-corrected chi connectivity index (χ4v) is 2.98. The Bertz CT molecular complexity index is 806. The van der Waals surface area contributed by atoms with Gasteiger partial charge in [-0.05, 0) is 36.2 Å². The largest absolute Gasteiger partial charge is 0.497 e. The van der Waals surface area contributed by atoms with Gasteiger partial charge in [0.15, 0.2) is 0 Å². The first-order valence-electron chi connectivity index (χ1n) is 9.28. The Balaban J connectivity index is 2.11. The van der Waals surface area contributed by atoms with Crippen molar-refractivity contribution in [2.75, 3.05) is 7.11 Å². The van der Waals surface area contributed by atoms with E-state index in [0.717, 1.165) is 16.9 Å². The number of carbonyl (C=O) groups is 2. The average molecular weight is 403 g/mol. The maximum atomic E-state index is 12.7. The van der Waals surface area contributed by atoms with Crippen molar-refractivity contribution < 1.29 is 14.3 Å². The number of hydrogen-bond acceptors (Lipinski definition) is 3. The monoisotopic (exact) mass is 402 g/mol. The van der Waals surface area contributed by atoms with E-state index >= 15 is 0 Å². The zero-order valence-electron chi connectivity index (χ0n) is 16.7. The molecule has 0 aliphatic rings. The van der Waals surface area contributed by atoms with Crippen molar-refractivity contribution in [3.63, 3.8) is 0 Å². The fourth-order valence-electron chi connectivity index (χ4n) is 2.78. The minimum atomic E-state index is -0.612. The Morgan fingerprint density at radius 2 is 1.71 bits per heavy atom. The molecule has 0 spiro atoms. The number of ether oxygens (including phenoxy) is 1. The van der Waals surface area contributed by atoms with Crippen LogP contribution in [0.4, 0.5) is 0 Å². The molecule has 150 valence electrons. The first-order valence-corrected chi connectivity index (χ1v) is 9.65. The smallest absolute Gasteiger partial charge is 0.242 e. The lowest BCUT2D eigenvalue weighted by Crippen LogP contribution is -2.48. The lowest BCUT2D eigenvalue weighted by atomic mass is 10.1. The summed E-state index contributed by atoms with van der Waals surface area (Å²) in [6, 6.07) is 14.2. The molecule has 0 fully saturated rings. The number of hydrogen-bond donors (Lipinski definition) is 1. The number of halogens is 1. The summed E-state index contributed by atoms with van der Waals surface area (Å²) in [5.41, 5.74) is 1.77. The molecule has 1 N–H and O–H groups in total. The fraction of sp³-hybridized carbons (Fsp3) is 0.364. The zero-order valence-corrected chi connectivity index (χ0v) is 17.5. The van der Waals surface area contributed by atoms with E-state index in [-0.39, 0.29) is 17.7 Å². The molecule has 0 aliphatic carbocycles. The van der Waals surface area contributed by atoms with E-state index in [1.165, 1.54) is 0 Å². The van der Waals surface area contributed by atoms with E-state index < -0.39 is 6.04 Å². The molecule has 2 aromatic carbocycles. The standard InChI is InChI=1S/C22H27ClN2O3/c1-15(2)22(27)25(14-17-9-11-19(28-4)12-10-17)16(3)21(26)24-13-18-7-5-6-8-20(18)23/h5-12,15-16H,13-14H2,1-4H3,(H,24,26)/t16-/m1/s1. The van der Waals surface area contributed by atoms with Crippen molar-refractivity contribution in [2.45, 2.75) is 39.9 Å². The van der Waals surface area contributed by atoms with Crippen LogP contribution in [-0.4, -0.2) is 29.9 Å². The second-order valence-corrected chi connectivity index (χ2v) is 7.36. The highest BCUT2D eigenvalue weighted by atomic mass is 35.5. The molecule has 6 heteroatoms. The summed E-state index contributed by atoms with van der Waals surface area (Å²) in [6.45, 7) is 6.07. The van der Waals surface area contributed by atoms with Gasteiger partial charge in [-0.3, -0.25) is 9.59 Å². The molecule has 5 nitrogen and oxygen atoms in total. The van der Waals surface area contributed by atoms with Crippen molar-refractivity contribution in [3.8, 4) is 5.75 Å². The minimum Gasteiger partial charge on any atom is -0.497 e. The van der Waals surface area contributed by atoms with Gasteiger partial charge in [-0.1, -0.05) is 55.8 Å². The first kappa shape index (κ1) is 21.8. The van der Waals surface area contributed by atoms with E-state index in [4.69, 9.17) is 16.3 Å². The van der Waals surface area contributed by atoms with Crippen LogP contribution in [0, 0.1) is 5.92 Å². The predicted octanol–water partition coefficient (Wildman–Crippen LogP) is 4.04. The molecule has 0 radical (unpaired) electrons. The molecular weight excluding hydrogens is 376 g/mol. The number of nitrogens with one attached hydrogen (secondary N) is 1. The number of carbonyl (C=O) groups excluding carboxylic acids is 2. The normalized spacial score (nSPS) is 11.8. The van der Waals surface area contributed by atoms with Gasteiger partial charge in [-0.15, -0.1) is 0 Å². The molecule has 0 aromatic heterocycles. The maximum Gasteiger partial charge on any atom is 0.242 e. The van der Waals surface area contributed by atoms with Crippen molar-refractivity contribution in [2.24, 2.45) is 5.92 Å². The van der Waals surface area contributed by atoms with Crippen LogP contribution < -0.4 is 10.1 Å². The Kier molecular flexibility index (Phi) is 7.88. The lowest BCUT2D eigenvalue weighted by Gasteiger charge is -2.30. The Morgan fingerprint density at radius 1 is 1.07 bits per heavy atom. The van der Waals surface area contributed by atoms with Gasteiger partial charge in [0.1, 0.15) is 11.8 Å². The van der Waals surface area contributed by atoms with E-state index in [9.17, 15) is 9.59 Å². The minimum absolute atomic E-state index is 0.0730. The molecule has 28 heavy (non-hydrogen) atoms. The molecule has 1 atom stereocenters. The molecule has 0 saturated heterocycles. The maximum absolute atomic E-state index is 12.7. The molecule has 0 heterocycles. The van der Waals surface area contributed by atoms with Gasteiger partial charge in [0.25, 0.3) is 0 Å². The second-order valence-electron chi connectivity index (χ2n) is 6.95. The highest BCUT2D eigenvalue weighted by Crippen LogP contribution is 2.17. The van der Waals surface area contributed by atoms with Crippen LogP contribution in [0.5, 0.6) is 5.75 Å². The van der Waals surface area contributed by atoms with Crippen molar-refractivity contribution in [1.29, 1.82) is 0 Å². The van der Waals surface area contributed by atoms with Crippen LogP contribution in [0.15, 0.2) is 48.5 Å². The third kappa shape index (κ3) is 5.73. The van der Waals surface area contributed by atoms with Gasteiger partial charge in [0.2, 0.25) is 11.8 Å². The van der Waals surface area contributed by atoms with Crippen LogP contribution in [0.3, 0.4) is 0 Å². The number of nitrogens with zero attached hydrogens (tertiary/aromatic N) is 1. The van der Waals surface area contributed by atoms with E-state index in [2.05, 4.69) is 5.32 Å². The van der Waals surface area contributed by atoms with Crippen LogP contribution in [0.1, 0.15) is 31.9 Å². The van der Waals surface area contributed by atoms with Crippen LogP contribution in [-0.2, 0) is 22.7 Å². The summed E-state index contributed by atoms with van der Waals surface area (Å²) in [5, 5.41) is 3.48. The molecule has 0 aliphatic heterocycles. The molecule has 0 saturated carbocycles. The topological polar surface area (TPSA) is 58.6 Å². The van der Waals surface area contributed by atoms with E-state index in [1.807, 2.05) is 56.3 Å². The Hall–Kier alpha value is -2.53. The van der Waals surface area contributed by atoms with Gasteiger partial charge in [-0.25, -0.2) is 0 Å². The van der Waals surface area contributed by atoms with Gasteiger partial charge in [0, 0.05) is 24.0 Å². The number of benzene rings is 2. The second kappa shape index (κ2) is 10.1. The van der Waals surface area contributed by atoms with Gasteiger partial charge >= 0.3 is 0 Å². The van der Waals surface area contributed by atoms with Gasteiger partial charge in [-0.2, -0.15) is 0 Å². The summed E-state index contributed by atoms with van der Waals surface area (Å²) < 4.78 is 5.17. The third-order valence-corrected chi connectivity index (χ3v) is 4.92. The first-order chi connectivity index (χ1) is 13.3. The van der Waals surface area contributed by atoms with Crippen molar-refractivity contribution in [3.05, 3.63) is 64.7 Å². The molecule has 0 bridgehead atoms. The van der Waals surface area contributed by atoms with Gasteiger partial charge < -0.3 is 15.0 Å². The molecular formula is C22H27ClN2O3. The van der Waals surface area contributed by atoms with Crippen molar-refractivity contribution in [1.82, 2.24) is 10.2 Å². The summed E-state index contributed by atoms with van der Waals surface area (Å²) in [7, 11) is 1.61. The molecule has 2 amide bonds. The number of rotatable bonds is 8. The van der Waals surface area contributed by atoms with Gasteiger partial charge in [0.05, 0.1) is 7.11 Å². The van der Waals surface area contributed by atoms with Crippen molar-refractivity contribution >= 4 is 23.4 Å². The quantitative estimate of drug-likeness (QED) is 0.725. The highest BCUT2D eigenvalue weighted by molar-refractivity contribution is 6.31. The zero-order chi connectivity index (χ0) is 20.7. The molecule has 2 rings (SSSR count). The highest BCUT2D eigenvalue weighted by Gasteiger charge is 2.27. The van der Waals surface area contributed by atoms with Crippen LogP contribution in [0.2, 0.25) is 5.02 Å². The summed E-state index contributed by atoms with van der Waals surface area (Å²) in [5.74, 6) is 0.242.